The van der Waals surface area contributed by atoms with Crippen LogP contribution in [0.15, 0.2) is 83.8 Å². The maximum atomic E-state index is 13.1. The van der Waals surface area contributed by atoms with Crippen molar-refractivity contribution in [2.45, 2.75) is 4.90 Å². The molecule has 1 saturated heterocycles. The maximum absolute atomic E-state index is 13.1. The van der Waals surface area contributed by atoms with Crippen molar-refractivity contribution < 1.29 is 13.4 Å². The van der Waals surface area contributed by atoms with Crippen LogP contribution in [0.1, 0.15) is 0 Å². The summed E-state index contributed by atoms with van der Waals surface area (Å²) in [5.41, 5.74) is 1.08. The molecule has 0 atom stereocenters. The van der Waals surface area contributed by atoms with Gasteiger partial charge in [0.05, 0.1) is 31.1 Å². The molecule has 0 bridgehead atoms. The Balaban J connectivity index is 1.35. The van der Waals surface area contributed by atoms with Crippen LogP contribution in [-0.2, 0) is 10.0 Å². The lowest BCUT2D eigenvalue weighted by Crippen LogP contribution is -2.49. The second kappa shape index (κ2) is 7.13. The van der Waals surface area contributed by atoms with E-state index in [2.05, 4.69) is 34.1 Å². The van der Waals surface area contributed by atoms with Crippen LogP contribution in [0.5, 0.6) is 0 Å². The standard InChI is InChI=1S/C23H21N3O2S/c27-29(28,21-11-9-18-5-1-2-7-20(18)17-21)26-15-13-25(14-16-26)23-12-10-19-6-3-4-8-22(19)24-23/h1-12,17H,13-16H2/p+1. The smallest absolute Gasteiger partial charge is 0.259 e. The van der Waals surface area contributed by atoms with E-state index < -0.39 is 10.0 Å². The minimum absolute atomic E-state index is 0.363. The number of aromatic nitrogens is 1. The van der Waals surface area contributed by atoms with Gasteiger partial charge in [0.1, 0.15) is 5.52 Å². The summed E-state index contributed by atoms with van der Waals surface area (Å²) in [7, 11) is -3.50. The molecule has 6 heteroatoms. The van der Waals surface area contributed by atoms with E-state index in [-0.39, 0.29) is 0 Å². The first-order chi connectivity index (χ1) is 14.1. The van der Waals surface area contributed by atoms with E-state index in [1.807, 2.05) is 42.5 Å². The van der Waals surface area contributed by atoms with Gasteiger partial charge in [0.15, 0.2) is 0 Å². The summed E-state index contributed by atoms with van der Waals surface area (Å²) in [5.74, 6) is 1.02. The van der Waals surface area contributed by atoms with Crippen molar-refractivity contribution in [2.75, 3.05) is 31.1 Å². The summed E-state index contributed by atoms with van der Waals surface area (Å²) in [6.07, 6.45) is 0. The predicted octanol–water partition coefficient (Wildman–Crippen LogP) is 3.32. The van der Waals surface area contributed by atoms with Gasteiger partial charge in [-0.15, -0.1) is 0 Å². The number of hydrogen-bond acceptors (Lipinski definition) is 3. The molecule has 0 unspecified atom stereocenters. The third-order valence-corrected chi connectivity index (χ3v) is 7.48. The summed E-state index contributed by atoms with van der Waals surface area (Å²) in [6, 6.07) is 25.5. The molecule has 0 radical (unpaired) electrons. The lowest BCUT2D eigenvalue weighted by molar-refractivity contribution is -0.330. The number of aromatic amines is 1. The van der Waals surface area contributed by atoms with Gasteiger partial charge >= 0.3 is 0 Å². The Morgan fingerprint density at radius 2 is 1.34 bits per heavy atom. The summed E-state index contributed by atoms with van der Waals surface area (Å²) >= 11 is 0. The van der Waals surface area contributed by atoms with E-state index in [1.165, 1.54) is 0 Å². The number of rotatable bonds is 3. The molecule has 1 N–H and O–H groups in total. The highest BCUT2D eigenvalue weighted by Crippen LogP contribution is 2.24. The highest BCUT2D eigenvalue weighted by Gasteiger charge is 2.32. The summed E-state index contributed by atoms with van der Waals surface area (Å²) in [5, 5.41) is 3.15. The predicted molar refractivity (Wildman–Crippen MR) is 115 cm³/mol. The molecule has 146 valence electrons. The van der Waals surface area contributed by atoms with Gasteiger partial charge in [-0.2, -0.15) is 4.31 Å². The van der Waals surface area contributed by atoms with Gasteiger partial charge in [-0.05, 0) is 35.0 Å². The van der Waals surface area contributed by atoms with E-state index in [0.717, 1.165) is 27.5 Å². The molecule has 1 aliphatic heterocycles. The molecule has 29 heavy (non-hydrogen) atoms. The normalized spacial score (nSPS) is 15.8. The van der Waals surface area contributed by atoms with Crippen LogP contribution in [0.25, 0.3) is 21.7 Å². The van der Waals surface area contributed by atoms with E-state index in [1.54, 1.807) is 16.4 Å². The summed E-state index contributed by atoms with van der Waals surface area (Å²) < 4.78 is 27.9. The first kappa shape index (κ1) is 18.1. The second-order valence-electron chi connectivity index (χ2n) is 7.33. The van der Waals surface area contributed by atoms with Crippen LogP contribution in [0.2, 0.25) is 0 Å². The molecular weight excluding hydrogens is 382 g/mol. The largest absolute Gasteiger partial charge is 0.274 e. The van der Waals surface area contributed by atoms with Gasteiger partial charge in [0.2, 0.25) is 10.0 Å². The van der Waals surface area contributed by atoms with Gasteiger partial charge in [0, 0.05) is 11.5 Å². The molecule has 0 aliphatic carbocycles. The number of anilines is 1. The first-order valence-electron chi connectivity index (χ1n) is 9.76. The minimum Gasteiger partial charge on any atom is -0.259 e. The zero-order valence-electron chi connectivity index (χ0n) is 16.0. The van der Waals surface area contributed by atoms with Crippen LogP contribution >= 0.6 is 0 Å². The molecule has 0 spiro atoms. The number of benzene rings is 3. The molecule has 0 saturated carbocycles. The Hall–Kier alpha value is -2.96. The average Bonchev–Trinajstić information content (AvgIpc) is 2.78. The quantitative estimate of drug-likeness (QED) is 0.526. The van der Waals surface area contributed by atoms with Crippen LogP contribution in [-0.4, -0.2) is 38.9 Å². The Kier molecular flexibility index (Phi) is 4.45. The number of nitrogens with one attached hydrogen (secondary N) is 1. The Morgan fingerprint density at radius 1 is 0.690 bits per heavy atom. The molecule has 0 amide bonds. The van der Waals surface area contributed by atoms with Gasteiger partial charge in [0.25, 0.3) is 5.82 Å². The SMILES string of the molecule is O=S(=O)(c1ccc2ccccc2c1)N1CCN(c2ccc3ccccc3[nH+]2)CC1. The number of sulfonamides is 1. The highest BCUT2D eigenvalue weighted by atomic mass is 32.2. The lowest BCUT2D eigenvalue weighted by atomic mass is 10.1. The number of hydrogen-bond donors (Lipinski definition) is 0. The third kappa shape index (κ3) is 3.34. The summed E-state index contributed by atoms with van der Waals surface area (Å²) in [6.45, 7) is 2.24. The number of piperazine rings is 1. The molecular formula is C23H22N3O2S+. The van der Waals surface area contributed by atoms with Crippen molar-refractivity contribution in [3.8, 4) is 0 Å². The average molecular weight is 405 g/mol. The fourth-order valence-corrected chi connectivity index (χ4v) is 5.39. The molecule has 5 rings (SSSR count). The van der Waals surface area contributed by atoms with Gasteiger partial charge in [-0.1, -0.05) is 48.5 Å². The zero-order valence-corrected chi connectivity index (χ0v) is 16.8. The van der Waals surface area contributed by atoms with E-state index in [4.69, 9.17) is 0 Å². The van der Waals surface area contributed by atoms with E-state index in [9.17, 15) is 8.42 Å². The molecule has 3 aromatic carbocycles. The van der Waals surface area contributed by atoms with Crippen molar-refractivity contribution >= 4 is 37.5 Å². The number of fused-ring (bicyclic) bond motifs is 2. The number of pyridine rings is 1. The van der Waals surface area contributed by atoms with Crippen LogP contribution in [0.3, 0.4) is 0 Å². The fraction of sp³-hybridized carbons (Fsp3) is 0.174. The van der Waals surface area contributed by atoms with Crippen LogP contribution < -0.4 is 9.88 Å². The van der Waals surface area contributed by atoms with Gasteiger partial charge < -0.3 is 0 Å². The number of H-pyrrole nitrogens is 1. The van der Waals surface area contributed by atoms with Crippen molar-refractivity contribution in [3.63, 3.8) is 0 Å². The topological polar surface area (TPSA) is 54.8 Å². The molecule has 4 aromatic rings. The van der Waals surface area contributed by atoms with E-state index >= 15 is 0 Å². The Bertz CT molecular complexity index is 1300. The van der Waals surface area contributed by atoms with Crippen LogP contribution in [0, 0.1) is 0 Å². The third-order valence-electron chi connectivity index (χ3n) is 5.58. The molecule has 1 aromatic heterocycles. The van der Waals surface area contributed by atoms with Crippen LogP contribution in [0.4, 0.5) is 5.82 Å². The molecule has 2 heterocycles. The zero-order chi connectivity index (χ0) is 19.8. The van der Waals surface area contributed by atoms with E-state index in [0.29, 0.717) is 31.1 Å². The lowest BCUT2D eigenvalue weighted by Gasteiger charge is -2.30. The van der Waals surface area contributed by atoms with Crippen molar-refractivity contribution in [1.29, 1.82) is 0 Å². The minimum atomic E-state index is -3.50. The van der Waals surface area contributed by atoms with Crippen molar-refractivity contribution in [2.24, 2.45) is 0 Å². The Morgan fingerprint density at radius 3 is 2.14 bits per heavy atom. The highest BCUT2D eigenvalue weighted by molar-refractivity contribution is 7.89. The second-order valence-corrected chi connectivity index (χ2v) is 9.27. The molecule has 5 nitrogen and oxygen atoms in total. The van der Waals surface area contributed by atoms with Crippen molar-refractivity contribution in [1.82, 2.24) is 4.31 Å². The number of nitrogens with zero attached hydrogens (tertiary/aromatic N) is 2. The molecule has 1 aliphatic rings. The fourth-order valence-electron chi connectivity index (χ4n) is 3.94. The molecule has 1 fully saturated rings. The monoisotopic (exact) mass is 404 g/mol. The van der Waals surface area contributed by atoms with Crippen molar-refractivity contribution in [3.05, 3.63) is 78.9 Å². The summed E-state index contributed by atoms with van der Waals surface area (Å²) in [4.78, 5) is 6.03. The Labute approximate surface area is 170 Å². The number of para-hydroxylation sites is 1. The maximum Gasteiger partial charge on any atom is 0.274 e. The first-order valence-corrected chi connectivity index (χ1v) is 11.2. The van der Waals surface area contributed by atoms with Gasteiger partial charge in [-0.25, -0.2) is 13.4 Å². The van der Waals surface area contributed by atoms with Gasteiger partial charge in [-0.3, -0.25) is 4.90 Å².